The molecule has 2 amide bonds. The van der Waals surface area contributed by atoms with E-state index in [0.29, 0.717) is 12.0 Å². The van der Waals surface area contributed by atoms with Gasteiger partial charge < -0.3 is 10.1 Å². The number of carbonyl (C=O) groups excluding carboxylic acids is 3. The summed E-state index contributed by atoms with van der Waals surface area (Å²) >= 11 is 0. The van der Waals surface area contributed by atoms with Crippen LogP contribution in [0.15, 0.2) is 24.3 Å². The molecule has 2 saturated heterocycles. The molecule has 2 aliphatic rings. The first-order chi connectivity index (χ1) is 11.9. The average molecular weight is 349 g/mol. The van der Waals surface area contributed by atoms with Crippen molar-refractivity contribution in [1.29, 1.82) is 0 Å². The third-order valence-corrected chi connectivity index (χ3v) is 5.56. The van der Waals surface area contributed by atoms with Gasteiger partial charge >= 0.3 is 5.97 Å². The van der Waals surface area contributed by atoms with Crippen LogP contribution in [-0.2, 0) is 19.1 Å². The number of ether oxygens (including phenoxy) is 1. The molecule has 1 aromatic carbocycles. The summed E-state index contributed by atoms with van der Waals surface area (Å²) in [5.74, 6) is -3.09. The molecule has 2 aliphatic heterocycles. The fourth-order valence-corrected chi connectivity index (χ4v) is 4.38. The van der Waals surface area contributed by atoms with Gasteiger partial charge in [-0.25, -0.2) is 9.18 Å². The summed E-state index contributed by atoms with van der Waals surface area (Å²) in [4.78, 5) is 39.5. The predicted molar refractivity (Wildman–Crippen MR) is 85.5 cm³/mol. The van der Waals surface area contributed by atoms with Crippen molar-refractivity contribution in [1.82, 2.24) is 4.90 Å². The summed E-state index contributed by atoms with van der Waals surface area (Å²) in [5, 5.41) is 1.73. The Morgan fingerprint density at radius 2 is 2.04 bits per heavy atom. The smallest absolute Gasteiger partial charge is 0.368 e. The third-order valence-electron chi connectivity index (χ3n) is 5.56. The van der Waals surface area contributed by atoms with Crippen molar-refractivity contribution in [3.8, 4) is 0 Å². The molecule has 25 heavy (non-hydrogen) atoms. The summed E-state index contributed by atoms with van der Waals surface area (Å²) in [5.41, 5.74) is -0.582. The van der Waals surface area contributed by atoms with Crippen molar-refractivity contribution in [3.63, 3.8) is 0 Å². The SMILES string of the molecule is CCN1C(=O)[C@H]2[C@@H](C1=O)[C@@](CC)(C(=O)OC)[NH2+][C@H]2c1cccc(F)c1. The van der Waals surface area contributed by atoms with E-state index in [2.05, 4.69) is 0 Å². The van der Waals surface area contributed by atoms with Crippen molar-refractivity contribution >= 4 is 17.8 Å². The van der Waals surface area contributed by atoms with Crippen LogP contribution in [0.2, 0.25) is 0 Å². The molecule has 6 nitrogen and oxygen atoms in total. The van der Waals surface area contributed by atoms with Crippen molar-refractivity contribution in [2.75, 3.05) is 13.7 Å². The average Bonchev–Trinajstić information content (AvgIpc) is 3.09. The maximum absolute atomic E-state index is 13.7. The molecular formula is C18H22FN2O4+. The minimum Gasteiger partial charge on any atom is -0.464 e. The molecule has 4 atom stereocenters. The Balaban J connectivity index is 2.15. The molecule has 0 radical (unpaired) electrons. The lowest BCUT2D eigenvalue weighted by Gasteiger charge is -2.27. The second kappa shape index (κ2) is 6.22. The lowest BCUT2D eigenvalue weighted by molar-refractivity contribution is -0.734. The van der Waals surface area contributed by atoms with Crippen LogP contribution in [0.3, 0.4) is 0 Å². The van der Waals surface area contributed by atoms with Crippen LogP contribution < -0.4 is 5.32 Å². The first-order valence-electron chi connectivity index (χ1n) is 8.46. The number of imide groups is 1. The highest BCUT2D eigenvalue weighted by atomic mass is 19.1. The number of hydrogen-bond donors (Lipinski definition) is 1. The first-order valence-corrected chi connectivity index (χ1v) is 8.46. The number of nitrogens with zero attached hydrogens (tertiary/aromatic N) is 1. The molecule has 0 spiro atoms. The van der Waals surface area contributed by atoms with E-state index in [1.807, 2.05) is 0 Å². The van der Waals surface area contributed by atoms with E-state index in [0.717, 1.165) is 0 Å². The number of benzene rings is 1. The Morgan fingerprint density at radius 3 is 2.60 bits per heavy atom. The molecule has 1 aromatic rings. The number of methoxy groups -OCH3 is 1. The fraction of sp³-hybridized carbons (Fsp3) is 0.500. The number of nitrogens with two attached hydrogens (primary N) is 1. The number of likely N-dealkylation sites (tertiary alicyclic amines) is 1. The van der Waals surface area contributed by atoms with Gasteiger partial charge in [0.25, 0.3) is 0 Å². The van der Waals surface area contributed by atoms with Crippen LogP contribution in [0.25, 0.3) is 0 Å². The van der Waals surface area contributed by atoms with E-state index in [9.17, 15) is 18.8 Å². The Labute approximate surface area is 145 Å². The number of halogens is 1. The summed E-state index contributed by atoms with van der Waals surface area (Å²) in [6.07, 6.45) is 0.337. The normalized spacial score (nSPS) is 31.4. The van der Waals surface area contributed by atoms with Gasteiger partial charge in [-0.3, -0.25) is 14.5 Å². The van der Waals surface area contributed by atoms with E-state index in [-0.39, 0.29) is 18.4 Å². The Kier molecular flexibility index (Phi) is 4.36. The number of carbonyl (C=O) groups is 3. The molecule has 2 fully saturated rings. The summed E-state index contributed by atoms with van der Waals surface area (Å²) in [7, 11) is 1.27. The molecular weight excluding hydrogens is 327 g/mol. The fourth-order valence-electron chi connectivity index (χ4n) is 4.38. The standard InChI is InChI=1S/C18H21FN2O4/c1-4-18(17(24)25-3)13-12(15(22)21(5-2)16(13)23)14(20-18)10-7-6-8-11(19)9-10/h6-9,12-14,20H,4-5H2,1-3H3/p+1/t12-,13-,14-,18-/m0/s1. The summed E-state index contributed by atoms with van der Waals surface area (Å²) in [6, 6.07) is 5.46. The van der Waals surface area contributed by atoms with Crippen LogP contribution in [0, 0.1) is 17.7 Å². The quantitative estimate of drug-likeness (QED) is 0.630. The van der Waals surface area contributed by atoms with Gasteiger partial charge in [-0.2, -0.15) is 0 Å². The second-order valence-corrected chi connectivity index (χ2v) is 6.56. The zero-order valence-corrected chi connectivity index (χ0v) is 14.5. The number of hydrogen-bond acceptors (Lipinski definition) is 4. The lowest BCUT2D eigenvalue weighted by atomic mass is 9.78. The van der Waals surface area contributed by atoms with Gasteiger partial charge in [-0.15, -0.1) is 0 Å². The highest BCUT2D eigenvalue weighted by Crippen LogP contribution is 2.45. The number of quaternary nitrogens is 1. The Bertz CT molecular complexity index is 738. The number of fused-ring (bicyclic) bond motifs is 1. The van der Waals surface area contributed by atoms with Crippen LogP contribution in [0.1, 0.15) is 31.9 Å². The number of amides is 2. The topological polar surface area (TPSA) is 80.3 Å². The number of esters is 1. The van der Waals surface area contributed by atoms with Gasteiger partial charge in [0.05, 0.1) is 7.11 Å². The highest BCUT2D eigenvalue weighted by molar-refractivity contribution is 6.08. The van der Waals surface area contributed by atoms with Crippen molar-refractivity contribution in [2.45, 2.75) is 31.8 Å². The molecule has 2 heterocycles. The zero-order valence-electron chi connectivity index (χ0n) is 14.5. The molecule has 2 N–H and O–H groups in total. The van der Waals surface area contributed by atoms with Gasteiger partial charge in [0, 0.05) is 18.5 Å². The van der Waals surface area contributed by atoms with Crippen molar-refractivity contribution in [2.24, 2.45) is 11.8 Å². The second-order valence-electron chi connectivity index (χ2n) is 6.56. The molecule has 7 heteroatoms. The number of rotatable bonds is 4. The Hall–Kier alpha value is -2.28. The van der Waals surface area contributed by atoms with Crippen LogP contribution in [0.5, 0.6) is 0 Å². The van der Waals surface area contributed by atoms with Gasteiger partial charge in [-0.05, 0) is 19.1 Å². The molecule has 134 valence electrons. The predicted octanol–water partition coefficient (Wildman–Crippen LogP) is 0.387. The first kappa shape index (κ1) is 17.5. The van der Waals surface area contributed by atoms with Gasteiger partial charge in [0.15, 0.2) is 0 Å². The van der Waals surface area contributed by atoms with Gasteiger partial charge in [0.2, 0.25) is 17.4 Å². The monoisotopic (exact) mass is 349 g/mol. The third kappa shape index (κ3) is 2.37. The van der Waals surface area contributed by atoms with E-state index in [4.69, 9.17) is 4.74 Å². The molecule has 0 aromatic heterocycles. The molecule has 0 unspecified atom stereocenters. The van der Waals surface area contributed by atoms with Crippen LogP contribution in [0.4, 0.5) is 4.39 Å². The van der Waals surface area contributed by atoms with E-state index in [1.165, 1.54) is 24.1 Å². The molecule has 0 aliphatic carbocycles. The minimum absolute atomic E-state index is 0.251. The van der Waals surface area contributed by atoms with Gasteiger partial charge in [-0.1, -0.05) is 19.1 Å². The summed E-state index contributed by atoms with van der Waals surface area (Å²) in [6.45, 7) is 3.77. The maximum atomic E-state index is 13.7. The van der Waals surface area contributed by atoms with Crippen molar-refractivity contribution < 1.29 is 28.8 Å². The summed E-state index contributed by atoms with van der Waals surface area (Å²) < 4.78 is 18.7. The Morgan fingerprint density at radius 1 is 1.32 bits per heavy atom. The zero-order chi connectivity index (χ0) is 18.4. The highest BCUT2D eigenvalue weighted by Gasteiger charge is 2.71. The van der Waals surface area contributed by atoms with Crippen LogP contribution >= 0.6 is 0 Å². The molecule has 0 bridgehead atoms. The van der Waals surface area contributed by atoms with E-state index in [1.54, 1.807) is 31.3 Å². The minimum atomic E-state index is -1.17. The van der Waals surface area contributed by atoms with Crippen molar-refractivity contribution in [3.05, 3.63) is 35.6 Å². The molecule has 3 rings (SSSR count). The van der Waals surface area contributed by atoms with Crippen LogP contribution in [-0.4, -0.2) is 41.9 Å². The lowest BCUT2D eigenvalue weighted by Crippen LogP contribution is -2.98. The van der Waals surface area contributed by atoms with E-state index >= 15 is 0 Å². The maximum Gasteiger partial charge on any atom is 0.368 e. The van der Waals surface area contributed by atoms with E-state index < -0.39 is 35.2 Å². The largest absolute Gasteiger partial charge is 0.464 e. The van der Waals surface area contributed by atoms with Gasteiger partial charge in [0.1, 0.15) is 23.7 Å². The molecule has 0 saturated carbocycles.